The fourth-order valence-corrected chi connectivity index (χ4v) is 4.29. The number of likely N-dealkylation sites (tertiary alicyclic amines) is 1. The number of nitrogens with zero attached hydrogens (tertiary/aromatic N) is 5. The van der Waals surface area contributed by atoms with Gasteiger partial charge in [-0.15, -0.1) is 0 Å². The molecule has 2 aliphatic rings. The van der Waals surface area contributed by atoms with E-state index in [0.29, 0.717) is 11.6 Å². The molecule has 0 spiro atoms. The zero-order valence-corrected chi connectivity index (χ0v) is 14.6. The van der Waals surface area contributed by atoms with Gasteiger partial charge in [0.1, 0.15) is 11.9 Å². The average molecular weight is 333 g/mol. The van der Waals surface area contributed by atoms with Crippen LogP contribution in [0.1, 0.15) is 29.5 Å². The van der Waals surface area contributed by atoms with E-state index < -0.39 is 0 Å². The number of nitriles is 1. The molecule has 2 atom stereocenters. The van der Waals surface area contributed by atoms with Gasteiger partial charge in [-0.2, -0.15) is 5.26 Å². The first-order valence-electron chi connectivity index (χ1n) is 8.99. The predicted molar refractivity (Wildman–Crippen MR) is 97.1 cm³/mol. The summed E-state index contributed by atoms with van der Waals surface area (Å²) in [4.78, 5) is 13.7. The molecule has 0 amide bonds. The normalized spacial score (nSPS) is 23.3. The van der Waals surface area contributed by atoms with Crippen LogP contribution in [-0.2, 0) is 6.54 Å². The molecule has 4 heterocycles. The first-order valence-corrected chi connectivity index (χ1v) is 8.99. The van der Waals surface area contributed by atoms with E-state index in [-0.39, 0.29) is 0 Å². The smallest absolute Gasteiger partial charge is 0.146 e. The molecule has 2 fully saturated rings. The van der Waals surface area contributed by atoms with Crippen LogP contribution in [0.25, 0.3) is 0 Å². The quantitative estimate of drug-likeness (QED) is 0.864. The fourth-order valence-electron chi connectivity index (χ4n) is 4.29. The van der Waals surface area contributed by atoms with Gasteiger partial charge in [0.15, 0.2) is 0 Å². The standard InChI is InChI=1S/C20H23N5/c1-15-9-16(12-22-11-15)13-24-7-4-17-5-8-25(14-19(17)24)20-18(10-21)3-2-6-23-20/h2-3,6,9,11-12,17,19H,4-5,7-8,13-14H2,1H3. The predicted octanol–water partition coefficient (Wildman–Crippen LogP) is 2.76. The topological polar surface area (TPSA) is 56.1 Å². The molecule has 0 radical (unpaired) electrons. The number of piperidine rings is 1. The molecule has 5 heteroatoms. The van der Waals surface area contributed by atoms with Crippen molar-refractivity contribution in [2.24, 2.45) is 5.92 Å². The van der Waals surface area contributed by atoms with E-state index >= 15 is 0 Å². The summed E-state index contributed by atoms with van der Waals surface area (Å²) in [6, 6.07) is 8.74. The molecule has 128 valence electrons. The Morgan fingerprint density at radius 3 is 3.00 bits per heavy atom. The molecule has 0 bridgehead atoms. The van der Waals surface area contributed by atoms with Crippen LogP contribution in [-0.4, -0.2) is 40.5 Å². The van der Waals surface area contributed by atoms with Gasteiger partial charge in [0.25, 0.3) is 0 Å². The molecule has 0 N–H and O–H groups in total. The van der Waals surface area contributed by atoms with Crippen molar-refractivity contribution in [3.8, 4) is 6.07 Å². The largest absolute Gasteiger partial charge is 0.354 e. The number of aryl methyl sites for hydroxylation is 1. The molecule has 4 rings (SSSR count). The Morgan fingerprint density at radius 2 is 2.16 bits per heavy atom. The Morgan fingerprint density at radius 1 is 1.28 bits per heavy atom. The van der Waals surface area contributed by atoms with Gasteiger partial charge in [-0.3, -0.25) is 9.88 Å². The van der Waals surface area contributed by atoms with Crippen molar-refractivity contribution in [1.82, 2.24) is 14.9 Å². The SMILES string of the molecule is Cc1cncc(CN2CCC3CCN(c4ncccc4C#N)CC32)c1. The van der Waals surface area contributed by atoms with Crippen LogP contribution in [0.5, 0.6) is 0 Å². The van der Waals surface area contributed by atoms with Crippen LogP contribution in [0.15, 0.2) is 36.8 Å². The maximum Gasteiger partial charge on any atom is 0.146 e. The maximum atomic E-state index is 9.38. The molecule has 2 aromatic rings. The number of anilines is 1. The monoisotopic (exact) mass is 333 g/mol. The van der Waals surface area contributed by atoms with Crippen LogP contribution in [0.3, 0.4) is 0 Å². The molecule has 2 aromatic heterocycles. The molecule has 2 aliphatic heterocycles. The van der Waals surface area contributed by atoms with E-state index in [4.69, 9.17) is 0 Å². The van der Waals surface area contributed by atoms with E-state index in [2.05, 4.69) is 38.8 Å². The summed E-state index contributed by atoms with van der Waals surface area (Å²) in [5, 5.41) is 9.38. The van der Waals surface area contributed by atoms with Crippen LogP contribution in [0, 0.1) is 24.2 Å². The summed E-state index contributed by atoms with van der Waals surface area (Å²) in [5.74, 6) is 1.59. The van der Waals surface area contributed by atoms with Crippen LogP contribution >= 0.6 is 0 Å². The number of aromatic nitrogens is 2. The van der Waals surface area contributed by atoms with Crippen molar-refractivity contribution in [2.75, 3.05) is 24.5 Å². The Balaban J connectivity index is 1.52. The number of hydrogen-bond donors (Lipinski definition) is 0. The van der Waals surface area contributed by atoms with Crippen molar-refractivity contribution in [3.63, 3.8) is 0 Å². The highest BCUT2D eigenvalue weighted by molar-refractivity contribution is 5.54. The first kappa shape index (κ1) is 16.0. The third-order valence-corrected chi connectivity index (χ3v) is 5.50. The summed E-state index contributed by atoms with van der Waals surface area (Å²) in [7, 11) is 0. The number of rotatable bonds is 3. The zero-order chi connectivity index (χ0) is 17.2. The van der Waals surface area contributed by atoms with E-state index in [0.717, 1.165) is 37.9 Å². The number of hydrogen-bond acceptors (Lipinski definition) is 5. The fraction of sp³-hybridized carbons (Fsp3) is 0.450. The van der Waals surface area contributed by atoms with Crippen molar-refractivity contribution in [2.45, 2.75) is 32.4 Å². The third-order valence-electron chi connectivity index (χ3n) is 5.50. The van der Waals surface area contributed by atoms with Gasteiger partial charge in [-0.1, -0.05) is 6.07 Å². The Bertz CT molecular complexity index is 797. The van der Waals surface area contributed by atoms with E-state index in [9.17, 15) is 5.26 Å². The van der Waals surface area contributed by atoms with E-state index in [1.807, 2.05) is 24.5 Å². The summed E-state index contributed by atoms with van der Waals surface area (Å²) >= 11 is 0. The van der Waals surface area contributed by atoms with Crippen LogP contribution in [0.2, 0.25) is 0 Å². The molecule has 0 aromatic carbocycles. The highest BCUT2D eigenvalue weighted by atomic mass is 15.3. The third kappa shape index (κ3) is 3.22. The summed E-state index contributed by atoms with van der Waals surface area (Å²) in [5.41, 5.74) is 3.17. The molecule has 0 aliphatic carbocycles. The molecule has 2 unspecified atom stereocenters. The molecule has 2 saturated heterocycles. The molecule has 0 saturated carbocycles. The number of pyridine rings is 2. The minimum Gasteiger partial charge on any atom is -0.354 e. The lowest BCUT2D eigenvalue weighted by molar-refractivity contribution is 0.200. The van der Waals surface area contributed by atoms with Crippen molar-refractivity contribution >= 4 is 5.82 Å². The maximum absolute atomic E-state index is 9.38. The number of fused-ring (bicyclic) bond motifs is 1. The summed E-state index contributed by atoms with van der Waals surface area (Å²) in [6.07, 6.45) is 8.11. The Hall–Kier alpha value is -2.45. The molecular weight excluding hydrogens is 310 g/mol. The van der Waals surface area contributed by atoms with Gasteiger partial charge in [0, 0.05) is 44.3 Å². The van der Waals surface area contributed by atoms with Crippen LogP contribution in [0.4, 0.5) is 5.82 Å². The van der Waals surface area contributed by atoms with Gasteiger partial charge in [-0.25, -0.2) is 4.98 Å². The van der Waals surface area contributed by atoms with Crippen LogP contribution < -0.4 is 4.90 Å². The van der Waals surface area contributed by atoms with Crippen molar-refractivity contribution in [3.05, 3.63) is 53.5 Å². The van der Waals surface area contributed by atoms with E-state index in [1.54, 1.807) is 6.20 Å². The highest BCUT2D eigenvalue weighted by Gasteiger charge is 2.38. The Kier molecular flexibility index (Phi) is 4.37. The first-order chi connectivity index (χ1) is 12.2. The lowest BCUT2D eigenvalue weighted by atomic mass is 9.92. The second-order valence-corrected chi connectivity index (χ2v) is 7.18. The Labute approximate surface area is 148 Å². The minimum atomic E-state index is 0.530. The van der Waals surface area contributed by atoms with Gasteiger partial charge in [0.05, 0.1) is 5.56 Å². The van der Waals surface area contributed by atoms with Crippen molar-refractivity contribution < 1.29 is 0 Å². The molecule has 5 nitrogen and oxygen atoms in total. The van der Waals surface area contributed by atoms with Gasteiger partial charge in [0.2, 0.25) is 0 Å². The second kappa shape index (κ2) is 6.81. The summed E-state index contributed by atoms with van der Waals surface area (Å²) in [6.45, 7) is 6.14. The van der Waals surface area contributed by atoms with Gasteiger partial charge >= 0.3 is 0 Å². The molecular formula is C20H23N5. The minimum absolute atomic E-state index is 0.530. The van der Waals surface area contributed by atoms with E-state index in [1.165, 1.54) is 24.0 Å². The lowest BCUT2D eigenvalue weighted by Crippen LogP contribution is -2.48. The molecule has 25 heavy (non-hydrogen) atoms. The second-order valence-electron chi connectivity index (χ2n) is 7.18. The van der Waals surface area contributed by atoms with Gasteiger partial charge in [-0.05, 0) is 55.5 Å². The van der Waals surface area contributed by atoms with Crippen molar-refractivity contribution in [1.29, 1.82) is 5.26 Å². The summed E-state index contributed by atoms with van der Waals surface area (Å²) < 4.78 is 0. The average Bonchev–Trinajstić information content (AvgIpc) is 3.04. The van der Waals surface area contributed by atoms with Gasteiger partial charge < -0.3 is 4.90 Å². The highest BCUT2D eigenvalue weighted by Crippen LogP contribution is 2.34. The zero-order valence-electron chi connectivity index (χ0n) is 14.6. The lowest BCUT2D eigenvalue weighted by Gasteiger charge is -2.39.